The first-order valence-corrected chi connectivity index (χ1v) is 9.31. The number of benzene rings is 3. The van der Waals surface area contributed by atoms with Crippen molar-refractivity contribution in [3.05, 3.63) is 60.2 Å². The molecule has 1 heterocycles. The molecule has 4 N–H and O–H groups in total. The van der Waals surface area contributed by atoms with Gasteiger partial charge in [0.1, 0.15) is 5.60 Å². The molecule has 4 nitrogen and oxygen atoms in total. The maximum Gasteiger partial charge on any atom is 0.172 e. The first-order chi connectivity index (χ1) is 12.6. The van der Waals surface area contributed by atoms with Crippen LogP contribution in [-0.2, 0) is 10.5 Å². The Morgan fingerprint density at radius 2 is 1.81 bits per heavy atom. The fourth-order valence-electron chi connectivity index (χ4n) is 4.15. The first-order valence-electron chi connectivity index (χ1n) is 9.31. The minimum atomic E-state index is -1.26. The van der Waals surface area contributed by atoms with Gasteiger partial charge < -0.3 is 15.6 Å². The zero-order valence-electron chi connectivity index (χ0n) is 15.2. The molecule has 26 heavy (non-hydrogen) atoms. The van der Waals surface area contributed by atoms with Gasteiger partial charge in [-0.25, -0.2) is 0 Å². The van der Waals surface area contributed by atoms with Crippen molar-refractivity contribution in [2.24, 2.45) is 5.73 Å². The lowest BCUT2D eigenvalue weighted by molar-refractivity contribution is -0.226. The van der Waals surface area contributed by atoms with Crippen LogP contribution >= 0.6 is 0 Å². The number of nitrogens with one attached hydrogen (secondary N) is 1. The Balaban J connectivity index is 1.92. The highest BCUT2D eigenvalue weighted by atomic mass is 16.5. The van der Waals surface area contributed by atoms with Crippen molar-refractivity contribution in [1.29, 1.82) is 0 Å². The van der Waals surface area contributed by atoms with E-state index in [1.165, 1.54) is 5.39 Å². The van der Waals surface area contributed by atoms with Gasteiger partial charge in [-0.05, 0) is 60.0 Å². The lowest BCUT2D eigenvalue weighted by atomic mass is 9.79. The molecular formula is C22H26N2O2. The van der Waals surface area contributed by atoms with Crippen molar-refractivity contribution in [2.75, 3.05) is 19.7 Å². The predicted octanol–water partition coefficient (Wildman–Crippen LogP) is 3.26. The van der Waals surface area contributed by atoms with E-state index in [2.05, 4.69) is 35.6 Å². The third-order valence-electron chi connectivity index (χ3n) is 5.66. The molecule has 3 aromatic rings. The van der Waals surface area contributed by atoms with Crippen LogP contribution in [0.2, 0.25) is 0 Å². The van der Waals surface area contributed by atoms with E-state index in [0.29, 0.717) is 26.1 Å². The number of aliphatic hydroxyl groups is 1. The molecule has 0 amide bonds. The number of hydrogen-bond acceptors (Lipinski definition) is 4. The molecule has 0 spiro atoms. The summed E-state index contributed by atoms with van der Waals surface area (Å²) in [6.07, 6.45) is 1.49. The summed E-state index contributed by atoms with van der Waals surface area (Å²) in [5, 5.41) is 19.6. The molecule has 1 aliphatic rings. The van der Waals surface area contributed by atoms with Crippen LogP contribution < -0.4 is 11.1 Å². The smallest absolute Gasteiger partial charge is 0.172 e. The predicted molar refractivity (Wildman–Crippen MR) is 106 cm³/mol. The largest absolute Gasteiger partial charge is 0.369 e. The Bertz CT molecular complexity index is 942. The Morgan fingerprint density at radius 3 is 2.58 bits per heavy atom. The summed E-state index contributed by atoms with van der Waals surface area (Å²) in [5.74, 6) is 0. The van der Waals surface area contributed by atoms with Gasteiger partial charge in [0, 0.05) is 12.1 Å². The quantitative estimate of drug-likeness (QED) is 0.632. The summed E-state index contributed by atoms with van der Waals surface area (Å²) in [6, 6.07) is 18.7. The zero-order chi connectivity index (χ0) is 18.2. The summed E-state index contributed by atoms with van der Waals surface area (Å²) >= 11 is 0. The number of fused-ring (bicyclic) bond motifs is 2. The molecule has 0 saturated carbocycles. The molecule has 136 valence electrons. The van der Waals surface area contributed by atoms with Crippen LogP contribution in [0.5, 0.6) is 0 Å². The molecule has 0 bridgehead atoms. The van der Waals surface area contributed by atoms with E-state index in [-0.39, 0.29) is 0 Å². The SMILES string of the molecule is CC1(CCCN)OCCNC1(O)c1cccc2cc3ccccc3cc12. The number of rotatable bonds is 4. The Kier molecular flexibility index (Phi) is 4.45. The van der Waals surface area contributed by atoms with Gasteiger partial charge in [0.25, 0.3) is 0 Å². The van der Waals surface area contributed by atoms with Crippen LogP contribution in [0.1, 0.15) is 25.3 Å². The maximum absolute atomic E-state index is 11.8. The molecule has 4 heteroatoms. The molecule has 1 fully saturated rings. The molecule has 0 aliphatic carbocycles. The second kappa shape index (κ2) is 6.63. The summed E-state index contributed by atoms with van der Waals surface area (Å²) in [5.41, 5.74) is 4.59. The number of morpholine rings is 1. The van der Waals surface area contributed by atoms with Crippen molar-refractivity contribution < 1.29 is 9.84 Å². The van der Waals surface area contributed by atoms with Gasteiger partial charge in [0.05, 0.1) is 6.61 Å². The molecule has 1 aliphatic heterocycles. The molecule has 3 aromatic carbocycles. The van der Waals surface area contributed by atoms with Crippen LogP contribution in [0.25, 0.3) is 21.5 Å². The average Bonchev–Trinajstić information content (AvgIpc) is 2.67. The number of nitrogens with two attached hydrogens (primary N) is 1. The summed E-state index contributed by atoms with van der Waals surface area (Å²) < 4.78 is 6.11. The van der Waals surface area contributed by atoms with Gasteiger partial charge in [-0.2, -0.15) is 0 Å². The standard InChI is InChI=1S/C22H26N2O2/c1-21(10-5-11-23)22(25,24-12-13-26-21)20-9-4-8-18-14-16-6-2-3-7-17(16)15-19(18)20/h2-4,6-9,14-15,24-25H,5,10-13,23H2,1H3. The van der Waals surface area contributed by atoms with E-state index in [1.807, 2.05) is 31.2 Å². The third-order valence-corrected chi connectivity index (χ3v) is 5.66. The van der Waals surface area contributed by atoms with Crippen LogP contribution in [0.4, 0.5) is 0 Å². The van der Waals surface area contributed by atoms with Crippen molar-refractivity contribution in [1.82, 2.24) is 5.32 Å². The highest BCUT2D eigenvalue weighted by Crippen LogP contribution is 2.42. The van der Waals surface area contributed by atoms with Crippen LogP contribution in [0.15, 0.2) is 54.6 Å². The Labute approximate surface area is 154 Å². The van der Waals surface area contributed by atoms with Gasteiger partial charge >= 0.3 is 0 Å². The summed E-state index contributed by atoms with van der Waals surface area (Å²) in [7, 11) is 0. The van der Waals surface area contributed by atoms with Gasteiger partial charge in [0.2, 0.25) is 0 Å². The molecule has 0 aromatic heterocycles. The average molecular weight is 350 g/mol. The minimum Gasteiger partial charge on any atom is -0.369 e. The van der Waals surface area contributed by atoms with E-state index in [9.17, 15) is 5.11 Å². The summed E-state index contributed by atoms with van der Waals surface area (Å²) in [6.45, 7) is 3.75. The fraction of sp³-hybridized carbons (Fsp3) is 0.364. The monoisotopic (exact) mass is 350 g/mol. The third kappa shape index (κ3) is 2.70. The van der Waals surface area contributed by atoms with Crippen LogP contribution in [-0.4, -0.2) is 30.4 Å². The van der Waals surface area contributed by atoms with E-state index in [1.54, 1.807) is 0 Å². The van der Waals surface area contributed by atoms with E-state index in [0.717, 1.165) is 28.1 Å². The van der Waals surface area contributed by atoms with Crippen molar-refractivity contribution in [3.63, 3.8) is 0 Å². The Hall–Kier alpha value is -1.98. The lowest BCUT2D eigenvalue weighted by Crippen LogP contribution is -2.64. The fourth-order valence-corrected chi connectivity index (χ4v) is 4.15. The molecule has 2 unspecified atom stereocenters. The van der Waals surface area contributed by atoms with Gasteiger partial charge in [-0.15, -0.1) is 0 Å². The van der Waals surface area contributed by atoms with Crippen molar-refractivity contribution in [3.8, 4) is 0 Å². The maximum atomic E-state index is 11.8. The van der Waals surface area contributed by atoms with Gasteiger partial charge in [0.15, 0.2) is 5.72 Å². The number of ether oxygens (including phenoxy) is 1. The molecule has 2 atom stereocenters. The molecule has 4 rings (SSSR count). The number of hydrogen-bond donors (Lipinski definition) is 3. The molecule has 0 radical (unpaired) electrons. The van der Waals surface area contributed by atoms with Crippen LogP contribution in [0.3, 0.4) is 0 Å². The van der Waals surface area contributed by atoms with E-state index < -0.39 is 11.3 Å². The van der Waals surface area contributed by atoms with Gasteiger partial charge in [-0.3, -0.25) is 5.32 Å². The van der Waals surface area contributed by atoms with Gasteiger partial charge in [-0.1, -0.05) is 42.5 Å². The van der Waals surface area contributed by atoms with E-state index in [4.69, 9.17) is 10.5 Å². The van der Waals surface area contributed by atoms with Crippen molar-refractivity contribution in [2.45, 2.75) is 31.1 Å². The second-order valence-electron chi connectivity index (χ2n) is 7.33. The minimum absolute atomic E-state index is 0.579. The highest BCUT2D eigenvalue weighted by molar-refractivity contribution is 6.00. The lowest BCUT2D eigenvalue weighted by Gasteiger charge is -2.49. The van der Waals surface area contributed by atoms with Crippen LogP contribution in [0, 0.1) is 0 Å². The van der Waals surface area contributed by atoms with Crippen molar-refractivity contribution >= 4 is 21.5 Å². The molecule has 1 saturated heterocycles. The molecular weight excluding hydrogens is 324 g/mol. The normalized spacial score (nSPS) is 26.4. The summed E-state index contributed by atoms with van der Waals surface area (Å²) in [4.78, 5) is 0. The second-order valence-corrected chi connectivity index (χ2v) is 7.33. The first kappa shape index (κ1) is 17.4. The Morgan fingerprint density at radius 1 is 1.08 bits per heavy atom. The topological polar surface area (TPSA) is 67.5 Å². The highest BCUT2D eigenvalue weighted by Gasteiger charge is 2.51. The zero-order valence-corrected chi connectivity index (χ0v) is 15.2. The van der Waals surface area contributed by atoms with E-state index >= 15 is 0 Å².